The third kappa shape index (κ3) is 4.95. The summed E-state index contributed by atoms with van der Waals surface area (Å²) < 4.78 is 40.9. The highest BCUT2D eigenvalue weighted by Gasteiger charge is 2.32. The van der Waals surface area contributed by atoms with Crippen LogP contribution in [0.2, 0.25) is 0 Å². The van der Waals surface area contributed by atoms with Crippen molar-refractivity contribution in [2.45, 2.75) is 44.7 Å². The number of hydrogen-bond acceptors (Lipinski definition) is 2. The van der Waals surface area contributed by atoms with Gasteiger partial charge in [0.25, 0.3) is 0 Å². The van der Waals surface area contributed by atoms with Crippen molar-refractivity contribution in [2.24, 2.45) is 5.41 Å². The molecule has 0 radical (unpaired) electrons. The van der Waals surface area contributed by atoms with E-state index in [1.807, 2.05) is 0 Å². The summed E-state index contributed by atoms with van der Waals surface area (Å²) in [5, 5.41) is 0. The fourth-order valence-electron chi connectivity index (χ4n) is 2.14. The van der Waals surface area contributed by atoms with Gasteiger partial charge in [0.2, 0.25) is 0 Å². The van der Waals surface area contributed by atoms with Crippen molar-refractivity contribution in [1.29, 1.82) is 0 Å². The Hall–Kier alpha value is 0.100. The molecule has 0 spiro atoms. The minimum atomic E-state index is -4.06. The predicted octanol–water partition coefficient (Wildman–Crippen LogP) is 3.84. The van der Waals surface area contributed by atoms with Crippen LogP contribution in [-0.2, 0) is 4.74 Å². The molecule has 96 valence electrons. The molecule has 0 aliphatic heterocycles. The second-order valence-electron chi connectivity index (χ2n) is 4.64. The van der Waals surface area contributed by atoms with E-state index in [1.54, 1.807) is 0 Å². The van der Waals surface area contributed by atoms with Gasteiger partial charge in [0.05, 0.1) is 6.61 Å². The van der Waals surface area contributed by atoms with Gasteiger partial charge in [-0.2, -0.15) is 25.8 Å². The summed E-state index contributed by atoms with van der Waals surface area (Å²) in [6.45, 7) is 0.767. The summed E-state index contributed by atoms with van der Waals surface area (Å²) in [7, 11) is 0. The van der Waals surface area contributed by atoms with Crippen molar-refractivity contribution in [1.82, 2.24) is 0 Å². The van der Waals surface area contributed by atoms with E-state index in [9.17, 15) is 13.2 Å². The molecule has 1 rings (SSSR count). The summed E-state index contributed by atoms with van der Waals surface area (Å²) in [6, 6.07) is 0. The molecule has 0 atom stereocenters. The molecule has 1 aliphatic rings. The topological polar surface area (TPSA) is 9.23 Å². The average molecular weight is 256 g/mol. The minimum Gasteiger partial charge on any atom is -0.381 e. The minimum absolute atomic E-state index is 0.0617. The second-order valence-corrected chi connectivity index (χ2v) is 4.95. The van der Waals surface area contributed by atoms with E-state index in [0.29, 0.717) is 6.61 Å². The Balaban J connectivity index is 2.10. The second kappa shape index (κ2) is 6.15. The Morgan fingerprint density at radius 1 is 1.19 bits per heavy atom. The highest BCUT2D eigenvalue weighted by Crippen LogP contribution is 2.39. The normalized spacial score (nSPS) is 20.2. The van der Waals surface area contributed by atoms with Crippen molar-refractivity contribution in [3.05, 3.63) is 0 Å². The fraction of sp³-hybridized carbons (Fsp3) is 1.00. The van der Waals surface area contributed by atoms with Gasteiger partial charge in [-0.1, -0.05) is 12.8 Å². The van der Waals surface area contributed by atoms with E-state index in [-0.39, 0.29) is 18.4 Å². The molecule has 0 unspecified atom stereocenters. The first kappa shape index (κ1) is 14.2. The lowest BCUT2D eigenvalue weighted by Gasteiger charge is -2.26. The molecule has 16 heavy (non-hydrogen) atoms. The number of halogens is 3. The molecule has 1 saturated carbocycles. The number of alkyl halides is 3. The standard InChI is InChI=1S/C11H19F3OS/c12-11(13,14)6-3-7-15-8-10(9-16)4-1-2-5-10/h16H,1-9H2. The van der Waals surface area contributed by atoms with Crippen LogP contribution in [-0.4, -0.2) is 25.1 Å². The van der Waals surface area contributed by atoms with Crippen molar-refractivity contribution >= 4 is 12.6 Å². The van der Waals surface area contributed by atoms with Crippen LogP contribution in [0.15, 0.2) is 0 Å². The molecular weight excluding hydrogens is 237 g/mol. The monoisotopic (exact) mass is 256 g/mol. The van der Waals surface area contributed by atoms with Crippen LogP contribution in [0.1, 0.15) is 38.5 Å². The van der Waals surface area contributed by atoms with Crippen LogP contribution in [0.3, 0.4) is 0 Å². The average Bonchev–Trinajstić information content (AvgIpc) is 2.65. The molecule has 1 aliphatic carbocycles. The fourth-order valence-corrected chi connectivity index (χ4v) is 2.54. The zero-order chi connectivity index (χ0) is 12.1. The molecular formula is C11H19F3OS. The van der Waals surface area contributed by atoms with Gasteiger partial charge in [-0.15, -0.1) is 0 Å². The quantitative estimate of drug-likeness (QED) is 0.561. The lowest BCUT2D eigenvalue weighted by molar-refractivity contribution is -0.138. The third-order valence-corrected chi connectivity index (χ3v) is 3.83. The van der Waals surface area contributed by atoms with Gasteiger partial charge in [-0.25, -0.2) is 0 Å². The van der Waals surface area contributed by atoms with Crippen molar-refractivity contribution in [3.8, 4) is 0 Å². The predicted molar refractivity (Wildman–Crippen MR) is 60.9 cm³/mol. The Morgan fingerprint density at radius 2 is 1.81 bits per heavy atom. The molecule has 1 fully saturated rings. The van der Waals surface area contributed by atoms with Gasteiger partial charge < -0.3 is 4.74 Å². The zero-order valence-corrected chi connectivity index (χ0v) is 10.2. The van der Waals surface area contributed by atoms with Gasteiger partial charge >= 0.3 is 6.18 Å². The first-order valence-electron chi connectivity index (χ1n) is 5.73. The third-order valence-electron chi connectivity index (χ3n) is 3.16. The Kier molecular flexibility index (Phi) is 5.44. The summed E-state index contributed by atoms with van der Waals surface area (Å²) in [6.07, 6.45) is -0.185. The lowest BCUT2D eigenvalue weighted by Crippen LogP contribution is -2.26. The molecule has 0 heterocycles. The van der Waals surface area contributed by atoms with Crippen molar-refractivity contribution in [2.75, 3.05) is 19.0 Å². The van der Waals surface area contributed by atoms with E-state index >= 15 is 0 Å². The summed E-state index contributed by atoms with van der Waals surface area (Å²) in [5.41, 5.74) is 0.126. The van der Waals surface area contributed by atoms with Gasteiger partial charge in [0, 0.05) is 18.4 Å². The van der Waals surface area contributed by atoms with E-state index in [2.05, 4.69) is 12.6 Å². The van der Waals surface area contributed by atoms with Crippen LogP contribution in [0.4, 0.5) is 13.2 Å². The maximum atomic E-state index is 11.9. The maximum Gasteiger partial charge on any atom is 0.389 e. The van der Waals surface area contributed by atoms with Crippen LogP contribution < -0.4 is 0 Å². The molecule has 1 nitrogen and oxygen atoms in total. The van der Waals surface area contributed by atoms with E-state index < -0.39 is 12.6 Å². The number of thiol groups is 1. The van der Waals surface area contributed by atoms with Crippen molar-refractivity contribution in [3.63, 3.8) is 0 Å². The largest absolute Gasteiger partial charge is 0.389 e. The van der Waals surface area contributed by atoms with E-state index in [4.69, 9.17) is 4.74 Å². The van der Waals surface area contributed by atoms with Crippen molar-refractivity contribution < 1.29 is 17.9 Å². The summed E-state index contributed by atoms with van der Waals surface area (Å²) >= 11 is 4.31. The smallest absolute Gasteiger partial charge is 0.381 e. The van der Waals surface area contributed by atoms with Crippen LogP contribution >= 0.6 is 12.6 Å². The molecule has 0 aromatic rings. The molecule has 0 amide bonds. The molecule has 5 heteroatoms. The van der Waals surface area contributed by atoms with E-state index in [0.717, 1.165) is 18.6 Å². The zero-order valence-electron chi connectivity index (χ0n) is 9.35. The number of hydrogen-bond donors (Lipinski definition) is 1. The Bertz CT molecular complexity index is 200. The van der Waals surface area contributed by atoms with Crippen LogP contribution in [0.5, 0.6) is 0 Å². The molecule has 0 saturated heterocycles. The number of ether oxygens (including phenoxy) is 1. The SMILES string of the molecule is FC(F)(F)CCCOCC1(CS)CCCC1. The molecule has 0 N–H and O–H groups in total. The van der Waals surface area contributed by atoms with Gasteiger partial charge in [0.15, 0.2) is 0 Å². The summed E-state index contributed by atoms with van der Waals surface area (Å²) in [4.78, 5) is 0. The Morgan fingerprint density at radius 3 is 2.31 bits per heavy atom. The first-order valence-corrected chi connectivity index (χ1v) is 6.36. The van der Waals surface area contributed by atoms with Gasteiger partial charge in [-0.3, -0.25) is 0 Å². The first-order chi connectivity index (χ1) is 7.47. The van der Waals surface area contributed by atoms with Gasteiger partial charge in [0.1, 0.15) is 0 Å². The highest BCUT2D eigenvalue weighted by molar-refractivity contribution is 7.80. The lowest BCUT2D eigenvalue weighted by atomic mass is 9.90. The summed E-state index contributed by atoms with van der Waals surface area (Å²) in [5.74, 6) is 0.770. The Labute approximate surface area is 100 Å². The van der Waals surface area contributed by atoms with E-state index in [1.165, 1.54) is 12.8 Å². The van der Waals surface area contributed by atoms with Crippen LogP contribution in [0.25, 0.3) is 0 Å². The van der Waals surface area contributed by atoms with Crippen LogP contribution in [0, 0.1) is 5.41 Å². The molecule has 0 aromatic carbocycles. The van der Waals surface area contributed by atoms with Gasteiger partial charge in [-0.05, 0) is 25.0 Å². The molecule has 0 bridgehead atoms. The highest BCUT2D eigenvalue weighted by atomic mass is 32.1. The maximum absolute atomic E-state index is 11.9. The number of rotatable bonds is 6. The molecule has 0 aromatic heterocycles.